The first-order chi connectivity index (χ1) is 10.7. The van der Waals surface area contributed by atoms with E-state index in [0.717, 1.165) is 0 Å². The molecule has 0 saturated heterocycles. The highest BCUT2D eigenvalue weighted by Gasteiger charge is 2.39. The monoisotopic (exact) mass is 313 g/mol. The standard InChI is InChI=1S/C14H7N3O4S/c18-11-8-3-1-2-4-9(8)12(19)17(11)21-13(20)10-7-15-14-16(10)5-6-22-14/h1-7H. The van der Waals surface area contributed by atoms with E-state index in [9.17, 15) is 14.4 Å². The van der Waals surface area contributed by atoms with E-state index >= 15 is 0 Å². The van der Waals surface area contributed by atoms with Gasteiger partial charge in [0.1, 0.15) is 0 Å². The van der Waals surface area contributed by atoms with E-state index in [-0.39, 0.29) is 16.8 Å². The Hall–Kier alpha value is -3.00. The smallest absolute Gasteiger partial charge is 0.323 e. The average molecular weight is 313 g/mol. The van der Waals surface area contributed by atoms with Gasteiger partial charge in [-0.1, -0.05) is 17.2 Å². The number of thiazole rings is 1. The van der Waals surface area contributed by atoms with Crippen molar-refractivity contribution in [1.29, 1.82) is 0 Å². The van der Waals surface area contributed by atoms with Crippen molar-refractivity contribution in [1.82, 2.24) is 14.4 Å². The van der Waals surface area contributed by atoms with E-state index in [1.807, 2.05) is 0 Å². The normalized spacial score (nSPS) is 13.7. The Labute approximate surface area is 127 Å². The lowest BCUT2D eigenvalue weighted by molar-refractivity contribution is -0.0589. The third-order valence-electron chi connectivity index (χ3n) is 3.29. The largest absolute Gasteiger partial charge is 0.382 e. The zero-order chi connectivity index (χ0) is 15.3. The maximum Gasteiger partial charge on any atom is 0.382 e. The lowest BCUT2D eigenvalue weighted by atomic mass is 10.1. The van der Waals surface area contributed by atoms with Gasteiger partial charge in [0.15, 0.2) is 10.7 Å². The van der Waals surface area contributed by atoms with E-state index < -0.39 is 17.8 Å². The van der Waals surface area contributed by atoms with Crippen LogP contribution in [0, 0.1) is 0 Å². The van der Waals surface area contributed by atoms with Crippen LogP contribution in [0.5, 0.6) is 0 Å². The quantitative estimate of drug-likeness (QED) is 0.673. The van der Waals surface area contributed by atoms with Crippen molar-refractivity contribution in [3.8, 4) is 0 Å². The predicted octanol–water partition coefficient (Wildman–Crippen LogP) is 1.76. The number of amides is 2. The number of aromatic nitrogens is 2. The van der Waals surface area contributed by atoms with Gasteiger partial charge in [0.2, 0.25) is 0 Å². The summed E-state index contributed by atoms with van der Waals surface area (Å²) >= 11 is 1.36. The molecule has 8 heteroatoms. The molecule has 0 unspecified atom stereocenters. The fourth-order valence-corrected chi connectivity index (χ4v) is 2.95. The maximum absolute atomic E-state index is 12.2. The van der Waals surface area contributed by atoms with Gasteiger partial charge in [0, 0.05) is 11.6 Å². The number of benzene rings is 1. The molecular formula is C14H7N3O4S. The summed E-state index contributed by atoms with van der Waals surface area (Å²) in [4.78, 5) is 46.1. The third kappa shape index (κ3) is 1.67. The molecule has 108 valence electrons. The first-order valence-electron chi connectivity index (χ1n) is 6.27. The first kappa shape index (κ1) is 12.7. The van der Waals surface area contributed by atoms with Gasteiger partial charge in [-0.05, 0) is 12.1 Å². The first-order valence-corrected chi connectivity index (χ1v) is 7.15. The molecule has 7 nitrogen and oxygen atoms in total. The molecule has 22 heavy (non-hydrogen) atoms. The summed E-state index contributed by atoms with van der Waals surface area (Å²) in [6, 6.07) is 6.31. The summed E-state index contributed by atoms with van der Waals surface area (Å²) in [6.07, 6.45) is 3.00. The second kappa shape index (κ2) is 4.50. The van der Waals surface area contributed by atoms with Crippen LogP contribution in [0.4, 0.5) is 0 Å². The molecular weight excluding hydrogens is 306 g/mol. The highest BCUT2D eigenvalue weighted by Crippen LogP contribution is 2.23. The Kier molecular flexibility index (Phi) is 2.60. The Morgan fingerprint density at radius 1 is 1.14 bits per heavy atom. The lowest BCUT2D eigenvalue weighted by Crippen LogP contribution is -2.33. The molecule has 0 atom stereocenters. The maximum atomic E-state index is 12.2. The van der Waals surface area contributed by atoms with Gasteiger partial charge in [-0.15, -0.1) is 11.3 Å². The number of carbonyl (C=O) groups is 3. The van der Waals surface area contributed by atoms with E-state index in [2.05, 4.69) is 4.98 Å². The number of carbonyl (C=O) groups excluding carboxylic acids is 3. The molecule has 0 fully saturated rings. The molecule has 0 aliphatic carbocycles. The molecule has 4 rings (SSSR count). The number of hydrogen-bond acceptors (Lipinski definition) is 6. The molecule has 1 aliphatic rings. The van der Waals surface area contributed by atoms with E-state index in [1.54, 1.807) is 23.7 Å². The molecule has 0 radical (unpaired) electrons. The van der Waals surface area contributed by atoms with Crippen molar-refractivity contribution in [2.45, 2.75) is 0 Å². The zero-order valence-corrected chi connectivity index (χ0v) is 11.7. The van der Waals surface area contributed by atoms with Crippen LogP contribution in [0.2, 0.25) is 0 Å². The number of imidazole rings is 1. The highest BCUT2D eigenvalue weighted by atomic mass is 32.1. The Morgan fingerprint density at radius 3 is 2.50 bits per heavy atom. The number of rotatable bonds is 2. The summed E-state index contributed by atoms with van der Waals surface area (Å²) in [5.74, 6) is -2.12. The molecule has 0 spiro atoms. The van der Waals surface area contributed by atoms with Gasteiger partial charge >= 0.3 is 5.97 Å². The average Bonchev–Trinajstić information content (AvgIpc) is 3.18. The minimum Gasteiger partial charge on any atom is -0.323 e. The molecule has 3 aromatic rings. The molecule has 0 N–H and O–H groups in total. The van der Waals surface area contributed by atoms with E-state index in [0.29, 0.717) is 10.0 Å². The van der Waals surface area contributed by atoms with Crippen LogP contribution in [-0.4, -0.2) is 32.2 Å². The Bertz CT molecular complexity index is 907. The third-order valence-corrected chi connectivity index (χ3v) is 4.06. The van der Waals surface area contributed by atoms with Gasteiger partial charge in [-0.2, -0.15) is 0 Å². The fourth-order valence-electron chi connectivity index (χ4n) is 2.26. The predicted molar refractivity (Wildman–Crippen MR) is 75.4 cm³/mol. The Balaban J connectivity index is 1.65. The van der Waals surface area contributed by atoms with Crippen molar-refractivity contribution in [3.05, 3.63) is 58.9 Å². The van der Waals surface area contributed by atoms with E-state index in [1.165, 1.54) is 34.1 Å². The number of nitrogens with zero attached hydrogens (tertiary/aromatic N) is 3. The number of hydroxylamine groups is 2. The second-order valence-corrected chi connectivity index (χ2v) is 5.40. The van der Waals surface area contributed by atoms with Gasteiger partial charge < -0.3 is 4.84 Å². The fraction of sp³-hybridized carbons (Fsp3) is 0. The lowest BCUT2D eigenvalue weighted by Gasteiger charge is -2.11. The second-order valence-electron chi connectivity index (χ2n) is 4.53. The minimum absolute atomic E-state index is 0.146. The zero-order valence-electron chi connectivity index (χ0n) is 10.9. The van der Waals surface area contributed by atoms with E-state index in [4.69, 9.17) is 4.84 Å². The van der Waals surface area contributed by atoms with Crippen LogP contribution >= 0.6 is 11.3 Å². The van der Waals surface area contributed by atoms with Crippen LogP contribution in [-0.2, 0) is 4.84 Å². The highest BCUT2D eigenvalue weighted by molar-refractivity contribution is 7.15. The van der Waals surface area contributed by atoms with Crippen LogP contribution in [0.1, 0.15) is 31.2 Å². The van der Waals surface area contributed by atoms with Crippen LogP contribution in [0.3, 0.4) is 0 Å². The Morgan fingerprint density at radius 2 is 1.82 bits per heavy atom. The molecule has 2 aromatic heterocycles. The van der Waals surface area contributed by atoms with Crippen LogP contribution in [0.15, 0.2) is 42.0 Å². The van der Waals surface area contributed by atoms with Crippen molar-refractivity contribution >= 4 is 34.1 Å². The van der Waals surface area contributed by atoms with Crippen molar-refractivity contribution in [3.63, 3.8) is 0 Å². The van der Waals surface area contributed by atoms with Crippen LogP contribution < -0.4 is 0 Å². The molecule has 0 saturated carbocycles. The van der Waals surface area contributed by atoms with Gasteiger partial charge in [0.05, 0.1) is 17.3 Å². The number of hydrogen-bond donors (Lipinski definition) is 0. The molecule has 3 heterocycles. The van der Waals surface area contributed by atoms with Crippen LogP contribution in [0.25, 0.3) is 4.96 Å². The van der Waals surface area contributed by atoms with Gasteiger partial charge in [0.25, 0.3) is 11.8 Å². The van der Waals surface area contributed by atoms with Crippen molar-refractivity contribution in [2.24, 2.45) is 0 Å². The summed E-state index contributed by atoms with van der Waals surface area (Å²) in [6.45, 7) is 0. The number of imide groups is 1. The molecule has 0 bridgehead atoms. The topological polar surface area (TPSA) is 81.0 Å². The van der Waals surface area contributed by atoms with Gasteiger partial charge in [-0.3, -0.25) is 14.0 Å². The summed E-state index contributed by atoms with van der Waals surface area (Å²) < 4.78 is 1.53. The number of fused-ring (bicyclic) bond motifs is 2. The molecule has 1 aromatic carbocycles. The van der Waals surface area contributed by atoms with Crippen molar-refractivity contribution < 1.29 is 19.2 Å². The molecule has 2 amide bonds. The summed E-state index contributed by atoms with van der Waals surface area (Å²) in [5, 5.41) is 2.25. The summed E-state index contributed by atoms with van der Waals surface area (Å²) in [5.41, 5.74) is 0.580. The summed E-state index contributed by atoms with van der Waals surface area (Å²) in [7, 11) is 0. The SMILES string of the molecule is O=C(ON1C(=O)c2ccccc2C1=O)c1cnc2sccn12. The van der Waals surface area contributed by atoms with Crippen molar-refractivity contribution in [2.75, 3.05) is 0 Å². The minimum atomic E-state index is -0.819. The molecule has 1 aliphatic heterocycles. The van der Waals surface area contributed by atoms with Gasteiger partial charge in [-0.25, -0.2) is 9.78 Å².